The van der Waals surface area contributed by atoms with Crippen LogP contribution in [0.3, 0.4) is 0 Å². The molecule has 1 aromatic heterocycles. The smallest absolute Gasteiger partial charge is 0.124 e. The Bertz CT molecular complexity index is 519. The Kier molecular flexibility index (Phi) is 3.50. The van der Waals surface area contributed by atoms with Crippen LogP contribution in [-0.2, 0) is 0 Å². The largest absolute Gasteiger partial charge is 0.496 e. The van der Waals surface area contributed by atoms with Crippen LogP contribution >= 0.6 is 11.3 Å². The Morgan fingerprint density at radius 3 is 2.53 bits per heavy atom. The number of ether oxygens (including phenoxy) is 1. The summed E-state index contributed by atoms with van der Waals surface area (Å²) in [4.78, 5) is 1.26. The molecule has 2 rings (SSSR count). The number of rotatable bonds is 3. The summed E-state index contributed by atoms with van der Waals surface area (Å²) in [6, 6.07) is 8.12. The fourth-order valence-electron chi connectivity index (χ4n) is 1.96. The highest BCUT2D eigenvalue weighted by Crippen LogP contribution is 2.32. The zero-order chi connectivity index (χ0) is 12.4. The van der Waals surface area contributed by atoms with Gasteiger partial charge in [0, 0.05) is 10.4 Å². The van der Waals surface area contributed by atoms with Crippen LogP contribution in [0.5, 0.6) is 5.75 Å². The molecule has 2 N–H and O–H groups in total. The highest BCUT2D eigenvalue weighted by Gasteiger charge is 2.16. The van der Waals surface area contributed by atoms with Gasteiger partial charge in [-0.25, -0.2) is 0 Å². The molecule has 0 amide bonds. The van der Waals surface area contributed by atoms with E-state index in [-0.39, 0.29) is 6.04 Å². The lowest BCUT2D eigenvalue weighted by atomic mass is 9.98. The molecular formula is C14H17NOS. The standard InChI is InChI=1S/C14H17NOS/c1-9-4-5-12(13(8-9)16-3)14(15)11-6-7-17-10(11)2/h4-8,14H,15H2,1-3H3. The van der Waals surface area contributed by atoms with Crippen LogP contribution in [0.15, 0.2) is 29.6 Å². The monoisotopic (exact) mass is 247 g/mol. The second-order valence-corrected chi connectivity index (χ2v) is 5.28. The van der Waals surface area contributed by atoms with Gasteiger partial charge in [-0.1, -0.05) is 12.1 Å². The van der Waals surface area contributed by atoms with E-state index < -0.39 is 0 Å². The Labute approximate surface area is 106 Å². The average molecular weight is 247 g/mol. The first-order valence-corrected chi connectivity index (χ1v) is 6.45. The van der Waals surface area contributed by atoms with Gasteiger partial charge in [-0.15, -0.1) is 11.3 Å². The van der Waals surface area contributed by atoms with Gasteiger partial charge in [-0.3, -0.25) is 0 Å². The highest BCUT2D eigenvalue weighted by atomic mass is 32.1. The second-order valence-electron chi connectivity index (χ2n) is 4.16. The Hall–Kier alpha value is -1.32. The van der Waals surface area contributed by atoms with Crippen LogP contribution in [0.1, 0.15) is 27.6 Å². The van der Waals surface area contributed by atoms with E-state index in [1.807, 2.05) is 13.0 Å². The minimum atomic E-state index is -0.114. The van der Waals surface area contributed by atoms with Crippen molar-refractivity contribution in [2.24, 2.45) is 5.73 Å². The Balaban J connectivity index is 2.44. The van der Waals surface area contributed by atoms with Gasteiger partial charge in [-0.05, 0) is 42.5 Å². The molecule has 2 aromatic rings. The van der Waals surface area contributed by atoms with Crippen LogP contribution in [-0.4, -0.2) is 7.11 Å². The summed E-state index contributed by atoms with van der Waals surface area (Å²) < 4.78 is 5.41. The number of thiophene rings is 1. The highest BCUT2D eigenvalue weighted by molar-refractivity contribution is 7.10. The third-order valence-corrected chi connectivity index (χ3v) is 3.82. The van der Waals surface area contributed by atoms with Crippen molar-refractivity contribution in [3.8, 4) is 5.75 Å². The number of hydrogen-bond acceptors (Lipinski definition) is 3. The molecule has 1 unspecified atom stereocenters. The van der Waals surface area contributed by atoms with Gasteiger partial charge >= 0.3 is 0 Å². The SMILES string of the molecule is COc1cc(C)ccc1C(N)c1ccsc1C. The predicted octanol–water partition coefficient (Wildman–Crippen LogP) is 3.42. The first-order chi connectivity index (χ1) is 8.13. The van der Waals surface area contributed by atoms with Gasteiger partial charge in [0.1, 0.15) is 5.75 Å². The minimum Gasteiger partial charge on any atom is -0.496 e. The molecule has 17 heavy (non-hydrogen) atoms. The molecule has 0 fully saturated rings. The number of hydrogen-bond donors (Lipinski definition) is 1. The maximum atomic E-state index is 6.31. The third-order valence-electron chi connectivity index (χ3n) is 2.96. The Morgan fingerprint density at radius 1 is 1.18 bits per heavy atom. The summed E-state index contributed by atoms with van der Waals surface area (Å²) in [6.45, 7) is 4.15. The predicted molar refractivity (Wildman–Crippen MR) is 72.8 cm³/mol. The van der Waals surface area contributed by atoms with Crippen molar-refractivity contribution in [3.63, 3.8) is 0 Å². The van der Waals surface area contributed by atoms with Crippen LogP contribution in [0, 0.1) is 13.8 Å². The van der Waals surface area contributed by atoms with Gasteiger partial charge in [0.25, 0.3) is 0 Å². The molecule has 90 valence electrons. The van der Waals surface area contributed by atoms with Gasteiger partial charge in [0.05, 0.1) is 13.2 Å². The molecule has 1 aromatic carbocycles. The molecule has 0 aliphatic carbocycles. The van der Waals surface area contributed by atoms with Crippen LogP contribution < -0.4 is 10.5 Å². The quantitative estimate of drug-likeness (QED) is 0.902. The lowest BCUT2D eigenvalue weighted by Gasteiger charge is -2.16. The molecule has 0 saturated heterocycles. The van der Waals surface area contributed by atoms with E-state index in [4.69, 9.17) is 10.5 Å². The molecular weight excluding hydrogens is 230 g/mol. The first kappa shape index (κ1) is 12.1. The van der Waals surface area contributed by atoms with Crippen molar-refractivity contribution in [3.05, 3.63) is 51.2 Å². The molecule has 2 nitrogen and oxygen atoms in total. The van der Waals surface area contributed by atoms with E-state index in [2.05, 4.69) is 30.5 Å². The van der Waals surface area contributed by atoms with Crippen LogP contribution in [0.4, 0.5) is 0 Å². The summed E-state index contributed by atoms with van der Waals surface area (Å²) in [6.07, 6.45) is 0. The van der Waals surface area contributed by atoms with Gasteiger partial charge in [0.15, 0.2) is 0 Å². The summed E-state index contributed by atoms with van der Waals surface area (Å²) in [5.41, 5.74) is 9.71. The van der Waals surface area contributed by atoms with Crippen molar-refractivity contribution in [1.29, 1.82) is 0 Å². The number of nitrogens with two attached hydrogens (primary N) is 1. The fraction of sp³-hybridized carbons (Fsp3) is 0.286. The summed E-state index contributed by atoms with van der Waals surface area (Å²) >= 11 is 1.72. The van der Waals surface area contributed by atoms with E-state index in [0.717, 1.165) is 11.3 Å². The minimum absolute atomic E-state index is 0.114. The van der Waals surface area contributed by atoms with E-state index in [9.17, 15) is 0 Å². The Morgan fingerprint density at radius 2 is 1.94 bits per heavy atom. The molecule has 0 spiro atoms. The molecule has 0 aliphatic heterocycles. The van der Waals surface area contributed by atoms with Crippen molar-refractivity contribution in [1.82, 2.24) is 0 Å². The molecule has 0 radical (unpaired) electrons. The van der Waals surface area contributed by atoms with E-state index in [0.29, 0.717) is 0 Å². The van der Waals surface area contributed by atoms with Gasteiger partial charge in [0.2, 0.25) is 0 Å². The normalized spacial score (nSPS) is 12.5. The van der Waals surface area contributed by atoms with E-state index >= 15 is 0 Å². The van der Waals surface area contributed by atoms with E-state index in [1.165, 1.54) is 16.0 Å². The zero-order valence-corrected chi connectivity index (χ0v) is 11.2. The molecule has 0 saturated carbocycles. The summed E-state index contributed by atoms with van der Waals surface area (Å²) in [5.74, 6) is 0.864. The first-order valence-electron chi connectivity index (χ1n) is 5.57. The van der Waals surface area contributed by atoms with E-state index in [1.54, 1.807) is 18.4 Å². The average Bonchev–Trinajstić information content (AvgIpc) is 2.74. The van der Waals surface area contributed by atoms with Crippen LogP contribution in [0.2, 0.25) is 0 Å². The molecule has 0 aliphatic rings. The topological polar surface area (TPSA) is 35.2 Å². The molecule has 1 atom stereocenters. The van der Waals surface area contributed by atoms with Gasteiger partial charge in [-0.2, -0.15) is 0 Å². The van der Waals surface area contributed by atoms with Crippen molar-refractivity contribution < 1.29 is 4.74 Å². The van der Waals surface area contributed by atoms with Gasteiger partial charge < -0.3 is 10.5 Å². The molecule has 1 heterocycles. The zero-order valence-electron chi connectivity index (χ0n) is 10.4. The van der Waals surface area contributed by atoms with Crippen molar-refractivity contribution >= 4 is 11.3 Å². The lowest BCUT2D eigenvalue weighted by molar-refractivity contribution is 0.407. The third kappa shape index (κ3) is 2.35. The number of benzene rings is 1. The van der Waals surface area contributed by atoms with Crippen molar-refractivity contribution in [2.45, 2.75) is 19.9 Å². The summed E-state index contributed by atoms with van der Waals surface area (Å²) in [7, 11) is 1.69. The maximum Gasteiger partial charge on any atom is 0.124 e. The molecule has 0 bridgehead atoms. The number of aryl methyl sites for hydroxylation is 2. The maximum absolute atomic E-state index is 6.31. The fourth-order valence-corrected chi connectivity index (χ4v) is 2.71. The summed E-state index contributed by atoms with van der Waals surface area (Å²) in [5, 5.41) is 2.07. The van der Waals surface area contributed by atoms with Crippen molar-refractivity contribution in [2.75, 3.05) is 7.11 Å². The molecule has 3 heteroatoms. The lowest BCUT2D eigenvalue weighted by Crippen LogP contribution is -2.13. The van der Waals surface area contributed by atoms with Crippen LogP contribution in [0.25, 0.3) is 0 Å². The number of methoxy groups -OCH3 is 1. The second kappa shape index (κ2) is 4.90.